The summed E-state index contributed by atoms with van der Waals surface area (Å²) in [7, 11) is 0. The van der Waals surface area contributed by atoms with E-state index in [0.717, 1.165) is 23.0 Å². The maximum absolute atomic E-state index is 14.3. The molecule has 21 heteroatoms. The third kappa shape index (κ3) is 7.09. The van der Waals surface area contributed by atoms with Crippen molar-refractivity contribution in [2.24, 2.45) is 0 Å². The lowest BCUT2D eigenvalue weighted by molar-refractivity contribution is -0.219. The Bertz CT molecular complexity index is 2440. The first-order valence-electron chi connectivity index (χ1n) is 17.0. The zero-order chi connectivity index (χ0) is 40.3. The number of hydrogen-bond donors (Lipinski definition) is 2. The molecule has 56 heavy (non-hydrogen) atoms. The Hall–Kier alpha value is -5.76. The van der Waals surface area contributed by atoms with Crippen molar-refractivity contribution in [1.29, 1.82) is 0 Å². The number of amides is 2. The minimum atomic E-state index is -4.70. The summed E-state index contributed by atoms with van der Waals surface area (Å²) in [5.41, 5.74) is -1.06. The van der Waals surface area contributed by atoms with Crippen molar-refractivity contribution in [1.82, 2.24) is 34.0 Å². The van der Waals surface area contributed by atoms with Gasteiger partial charge in [0.05, 0.1) is 34.3 Å². The molecular weight excluding hydrogens is 776 g/mol. The number of carbonyl (C=O) groups excluding carboxylic acids is 2. The summed E-state index contributed by atoms with van der Waals surface area (Å²) in [4.78, 5) is 56.6. The van der Waals surface area contributed by atoms with Gasteiger partial charge in [-0.2, -0.15) is 35.8 Å². The molecule has 2 aliphatic rings. The highest BCUT2D eigenvalue weighted by molar-refractivity contribution is 6.33. The summed E-state index contributed by atoms with van der Waals surface area (Å²) in [6, 6.07) is 6.58. The Morgan fingerprint density at radius 3 is 2.43 bits per heavy atom. The zero-order valence-electron chi connectivity index (χ0n) is 29.4. The van der Waals surface area contributed by atoms with Crippen LogP contribution in [0.4, 0.5) is 37.7 Å². The smallest absolute Gasteiger partial charge is 0.418 e. The number of halogens is 7. The molecule has 1 atom stereocenters. The van der Waals surface area contributed by atoms with Crippen molar-refractivity contribution < 1.29 is 45.8 Å². The van der Waals surface area contributed by atoms with E-state index in [9.17, 15) is 45.8 Å². The molecule has 2 aromatic carbocycles. The van der Waals surface area contributed by atoms with Crippen LogP contribution in [0.5, 0.6) is 5.75 Å². The van der Waals surface area contributed by atoms with Gasteiger partial charge in [-0.05, 0) is 48.7 Å². The van der Waals surface area contributed by atoms with Gasteiger partial charge >= 0.3 is 12.4 Å². The average molecular weight is 806 g/mol. The maximum Gasteiger partial charge on any atom is 0.418 e. The van der Waals surface area contributed by atoms with Gasteiger partial charge in [-0.15, -0.1) is 5.10 Å². The second-order valence-corrected chi connectivity index (χ2v) is 13.4. The molecule has 0 bridgehead atoms. The highest BCUT2D eigenvalue weighted by atomic mass is 35.5. The fourth-order valence-corrected chi connectivity index (χ4v) is 6.96. The molecule has 294 valence electrons. The van der Waals surface area contributed by atoms with E-state index in [1.165, 1.54) is 34.6 Å². The molecule has 1 fully saturated rings. The topological polar surface area (TPSA) is 160 Å². The maximum atomic E-state index is 14.3. The Labute approximate surface area is 317 Å². The highest BCUT2D eigenvalue weighted by Gasteiger charge is 2.46. The number of fused-ring (bicyclic) bond motifs is 2. The van der Waals surface area contributed by atoms with E-state index in [2.05, 4.69) is 25.4 Å². The molecule has 0 spiro atoms. The fraction of sp³-hybridized carbons (Fsp3) is 0.343. The number of anilines is 2. The van der Waals surface area contributed by atoms with Crippen LogP contribution in [0.3, 0.4) is 0 Å². The van der Waals surface area contributed by atoms with Gasteiger partial charge in [-0.3, -0.25) is 14.4 Å². The third-order valence-corrected chi connectivity index (χ3v) is 9.83. The summed E-state index contributed by atoms with van der Waals surface area (Å²) in [6.45, 7) is 2.84. The lowest BCUT2D eigenvalue weighted by Gasteiger charge is -2.36. The van der Waals surface area contributed by atoms with Crippen LogP contribution in [-0.4, -0.2) is 83.3 Å². The minimum absolute atomic E-state index is 0.0923. The number of aromatic nitrogens is 6. The lowest BCUT2D eigenvalue weighted by Crippen LogP contribution is -2.51. The third-order valence-electron chi connectivity index (χ3n) is 9.51. The first kappa shape index (κ1) is 38.5. The summed E-state index contributed by atoms with van der Waals surface area (Å²) < 4.78 is 88.4. The standard InChI is InChI=1S/C35H30ClF6N9O5/c1-3-24-27(48-8-10-49(11-9-48)31(54)26-28(53)17(2)43-16-44-26)32(55)51-33(50(24)14-25(52)45-23-7-6-20(13-22(23)36)34(37,38)39)46-30(47-51)18-4-5-19-15-56-29(21(19)12-18)35(40,41)42/h4-7,12-13,16,29,53H,3,8-11,14-15H2,1-2H3,(H,45,52)/t29-/m0/s1. The molecule has 2 amide bonds. The molecule has 2 N–H and O–H groups in total. The summed E-state index contributed by atoms with van der Waals surface area (Å²) in [6.07, 6.45) is -10.3. The molecule has 5 heterocycles. The molecule has 14 nitrogen and oxygen atoms in total. The summed E-state index contributed by atoms with van der Waals surface area (Å²) in [5, 5.41) is 16.9. The van der Waals surface area contributed by atoms with Gasteiger partial charge in [0.1, 0.15) is 18.6 Å². The number of aromatic hydroxyl groups is 1. The van der Waals surface area contributed by atoms with Crippen LogP contribution in [0.15, 0.2) is 47.5 Å². The van der Waals surface area contributed by atoms with E-state index in [4.69, 9.17) is 16.3 Å². The number of rotatable bonds is 7. The minimum Gasteiger partial charge on any atom is -0.504 e. The average Bonchev–Trinajstić information content (AvgIpc) is 3.80. The van der Waals surface area contributed by atoms with Crippen LogP contribution in [0.25, 0.3) is 17.2 Å². The van der Waals surface area contributed by atoms with Crippen molar-refractivity contribution in [3.63, 3.8) is 0 Å². The molecule has 5 aromatic rings. The van der Waals surface area contributed by atoms with Gasteiger partial charge in [-0.1, -0.05) is 30.7 Å². The number of nitrogens with one attached hydrogen (secondary N) is 1. The van der Waals surface area contributed by atoms with Gasteiger partial charge < -0.3 is 29.5 Å². The number of carbonyl (C=O) groups is 2. The van der Waals surface area contributed by atoms with Crippen molar-refractivity contribution >= 4 is 40.6 Å². The number of nitrogens with zero attached hydrogens (tertiary/aromatic N) is 8. The number of benzene rings is 2. The second kappa shape index (κ2) is 14.4. The SMILES string of the molecule is CCc1c(N2CCN(C(=O)c3ncnc(C)c3O)CC2)c(=O)n2nc(-c3ccc4c(c3)[C@@H](C(F)(F)F)OC4)nc2n1CC(=O)Nc1ccc(C(F)(F)F)cc1Cl. The van der Waals surface area contributed by atoms with Crippen LogP contribution < -0.4 is 15.8 Å². The molecule has 0 saturated carbocycles. The lowest BCUT2D eigenvalue weighted by atomic mass is 10.0. The Morgan fingerprint density at radius 2 is 1.77 bits per heavy atom. The molecular formula is C35H30ClF6N9O5. The van der Waals surface area contributed by atoms with E-state index in [0.29, 0.717) is 17.3 Å². The largest absolute Gasteiger partial charge is 0.504 e. The van der Waals surface area contributed by atoms with E-state index in [1.54, 1.807) is 11.8 Å². The van der Waals surface area contributed by atoms with Gasteiger partial charge in [0.2, 0.25) is 11.7 Å². The normalized spacial score (nSPS) is 16.1. The predicted octanol–water partition coefficient (Wildman–Crippen LogP) is 5.33. The van der Waals surface area contributed by atoms with Crippen molar-refractivity contribution in [2.75, 3.05) is 36.4 Å². The molecule has 0 unspecified atom stereocenters. The Balaban J connectivity index is 1.27. The molecule has 2 aliphatic heterocycles. The summed E-state index contributed by atoms with van der Waals surface area (Å²) in [5.74, 6) is -1.95. The number of piperazine rings is 1. The van der Waals surface area contributed by atoms with Crippen LogP contribution in [-0.2, 0) is 35.3 Å². The first-order valence-corrected chi connectivity index (χ1v) is 17.4. The molecule has 7 rings (SSSR count). The van der Waals surface area contributed by atoms with E-state index < -0.39 is 47.9 Å². The van der Waals surface area contributed by atoms with Crippen LogP contribution >= 0.6 is 11.6 Å². The number of hydrogen-bond acceptors (Lipinski definition) is 10. The number of aryl methyl sites for hydroxylation is 1. The quantitative estimate of drug-likeness (QED) is 0.206. The van der Waals surface area contributed by atoms with Crippen molar-refractivity contribution in [3.05, 3.63) is 91.9 Å². The van der Waals surface area contributed by atoms with Gasteiger partial charge in [0.25, 0.3) is 11.5 Å². The molecule has 0 aliphatic carbocycles. The first-order chi connectivity index (χ1) is 26.5. The number of alkyl halides is 6. The van der Waals surface area contributed by atoms with Crippen LogP contribution in [0, 0.1) is 6.92 Å². The fourth-order valence-electron chi connectivity index (χ4n) is 6.73. The van der Waals surface area contributed by atoms with E-state index in [1.807, 2.05) is 0 Å². The highest BCUT2D eigenvalue weighted by Crippen LogP contribution is 2.43. The van der Waals surface area contributed by atoms with Gasteiger partial charge in [-0.25, -0.2) is 9.97 Å². The van der Waals surface area contributed by atoms with Crippen molar-refractivity contribution in [2.45, 2.75) is 51.9 Å². The Morgan fingerprint density at radius 1 is 1.04 bits per heavy atom. The van der Waals surface area contributed by atoms with Crippen LogP contribution in [0.2, 0.25) is 5.02 Å². The van der Waals surface area contributed by atoms with E-state index in [-0.39, 0.29) is 95.5 Å². The van der Waals surface area contributed by atoms with E-state index >= 15 is 0 Å². The predicted molar refractivity (Wildman–Crippen MR) is 187 cm³/mol. The Kier molecular flexibility index (Phi) is 9.90. The zero-order valence-corrected chi connectivity index (χ0v) is 30.1. The van der Waals surface area contributed by atoms with Gasteiger partial charge in [0.15, 0.2) is 23.4 Å². The second-order valence-electron chi connectivity index (χ2n) is 13.0. The number of ether oxygens (including phenoxy) is 1. The monoisotopic (exact) mass is 805 g/mol. The van der Waals surface area contributed by atoms with Crippen LogP contribution in [0.1, 0.15) is 51.6 Å². The van der Waals surface area contributed by atoms with Gasteiger partial charge in [0, 0.05) is 31.7 Å². The molecule has 0 radical (unpaired) electrons. The van der Waals surface area contributed by atoms with Crippen molar-refractivity contribution in [3.8, 4) is 17.1 Å². The summed E-state index contributed by atoms with van der Waals surface area (Å²) >= 11 is 6.10. The molecule has 1 saturated heterocycles. The molecule has 3 aromatic heterocycles.